The first-order chi connectivity index (χ1) is 10.4. The molecule has 0 N–H and O–H groups in total. The van der Waals surface area contributed by atoms with Gasteiger partial charge in [0, 0.05) is 19.1 Å². The summed E-state index contributed by atoms with van der Waals surface area (Å²) in [5, 5.41) is 12.7. The first kappa shape index (κ1) is 16.8. The Morgan fingerprint density at radius 1 is 1.36 bits per heavy atom. The zero-order valence-electron chi connectivity index (χ0n) is 12.9. The first-order valence-corrected chi connectivity index (χ1v) is 8.08. The van der Waals surface area contributed by atoms with Crippen molar-refractivity contribution in [1.82, 2.24) is 25.1 Å². The van der Waals surface area contributed by atoms with Crippen LogP contribution in [0.5, 0.6) is 0 Å². The average molecular weight is 340 g/mol. The van der Waals surface area contributed by atoms with Crippen molar-refractivity contribution in [3.63, 3.8) is 0 Å². The largest absolute Gasteiger partial charge is 0.348 e. The molecule has 2 aromatic rings. The molecule has 0 aliphatic carbocycles. The Balaban J connectivity index is 2.30. The Kier molecular flexibility index (Phi) is 5.42. The van der Waals surface area contributed by atoms with Gasteiger partial charge in [-0.3, -0.25) is 4.79 Å². The molecule has 0 spiro atoms. The summed E-state index contributed by atoms with van der Waals surface area (Å²) in [4.78, 5) is 13.9. The van der Waals surface area contributed by atoms with E-state index in [2.05, 4.69) is 15.5 Å². The highest BCUT2D eigenvalue weighted by atomic mass is 35.5. The topological polar surface area (TPSA) is 63.9 Å². The summed E-state index contributed by atoms with van der Waals surface area (Å²) >= 11 is 7.37. The third-order valence-corrected chi connectivity index (χ3v) is 4.72. The monoisotopic (exact) mass is 339 g/mol. The predicted octanol–water partition coefficient (Wildman–Crippen LogP) is 2.52. The Hall–Kier alpha value is -1.60. The van der Waals surface area contributed by atoms with Crippen LogP contribution in [-0.4, -0.2) is 50.4 Å². The van der Waals surface area contributed by atoms with E-state index in [1.165, 1.54) is 11.8 Å². The lowest BCUT2D eigenvalue weighted by Gasteiger charge is -2.22. The van der Waals surface area contributed by atoms with Crippen molar-refractivity contribution in [3.8, 4) is 5.69 Å². The fraction of sp³-hybridized carbons (Fsp3) is 0.429. The minimum atomic E-state index is -0.251. The number of nitrogens with zero attached hydrogens (tertiary/aromatic N) is 5. The second kappa shape index (κ2) is 7.11. The van der Waals surface area contributed by atoms with Crippen LogP contribution in [0.4, 0.5) is 0 Å². The van der Waals surface area contributed by atoms with E-state index in [1.807, 2.05) is 26.0 Å². The second-order valence-electron chi connectivity index (χ2n) is 5.37. The van der Waals surface area contributed by atoms with E-state index in [0.29, 0.717) is 10.2 Å². The van der Waals surface area contributed by atoms with E-state index in [-0.39, 0.29) is 17.1 Å². The number of tetrazole rings is 1. The van der Waals surface area contributed by atoms with Gasteiger partial charge < -0.3 is 4.90 Å². The van der Waals surface area contributed by atoms with Crippen LogP contribution in [0, 0.1) is 5.92 Å². The minimum absolute atomic E-state index is 0.0423. The molecule has 0 radical (unpaired) electrons. The van der Waals surface area contributed by atoms with Gasteiger partial charge in [0.25, 0.3) is 0 Å². The third-order valence-electron chi connectivity index (χ3n) is 3.02. The lowest BCUT2D eigenvalue weighted by molar-refractivity contribution is -0.128. The quantitative estimate of drug-likeness (QED) is 0.783. The second-order valence-corrected chi connectivity index (χ2v) is 6.91. The maximum absolute atomic E-state index is 12.3. The first-order valence-electron chi connectivity index (χ1n) is 6.82. The fourth-order valence-electron chi connectivity index (χ4n) is 1.86. The normalized spacial score (nSPS) is 12.5. The van der Waals surface area contributed by atoms with E-state index in [9.17, 15) is 4.79 Å². The molecular formula is C14H18ClN5OS. The van der Waals surface area contributed by atoms with Crippen molar-refractivity contribution in [3.05, 3.63) is 29.3 Å². The number of hydrogen-bond donors (Lipinski definition) is 0. The number of halogens is 1. The standard InChI is InChI=1S/C14H18ClN5OS/c1-9(2)12(13(21)19(3)4)22-14-16-17-18-20(14)11-7-5-6-10(15)8-11/h5-9,12H,1-4H3/t12-/m1/s1. The van der Waals surface area contributed by atoms with Gasteiger partial charge in [0.15, 0.2) is 0 Å². The Morgan fingerprint density at radius 3 is 2.68 bits per heavy atom. The molecule has 0 aliphatic heterocycles. The van der Waals surface area contributed by atoms with E-state index in [1.54, 1.807) is 35.8 Å². The van der Waals surface area contributed by atoms with Crippen LogP contribution in [0.1, 0.15) is 13.8 Å². The van der Waals surface area contributed by atoms with E-state index >= 15 is 0 Å². The number of amides is 1. The zero-order chi connectivity index (χ0) is 16.3. The molecule has 0 unspecified atom stereocenters. The minimum Gasteiger partial charge on any atom is -0.348 e. The van der Waals surface area contributed by atoms with Gasteiger partial charge in [-0.05, 0) is 34.5 Å². The van der Waals surface area contributed by atoms with Crippen LogP contribution in [0.3, 0.4) is 0 Å². The van der Waals surface area contributed by atoms with Gasteiger partial charge >= 0.3 is 0 Å². The van der Waals surface area contributed by atoms with Gasteiger partial charge in [0.2, 0.25) is 11.1 Å². The maximum atomic E-state index is 12.3. The van der Waals surface area contributed by atoms with E-state index in [4.69, 9.17) is 11.6 Å². The summed E-state index contributed by atoms with van der Waals surface area (Å²) in [6, 6.07) is 7.26. The fourth-order valence-corrected chi connectivity index (χ4v) is 3.18. The molecule has 0 fully saturated rings. The molecule has 8 heteroatoms. The number of hydrogen-bond acceptors (Lipinski definition) is 5. The van der Waals surface area contributed by atoms with Crippen molar-refractivity contribution in [1.29, 1.82) is 0 Å². The van der Waals surface area contributed by atoms with Crippen LogP contribution in [-0.2, 0) is 4.79 Å². The van der Waals surface area contributed by atoms with E-state index in [0.717, 1.165) is 5.69 Å². The van der Waals surface area contributed by atoms with Crippen molar-refractivity contribution in [2.45, 2.75) is 24.3 Å². The zero-order valence-corrected chi connectivity index (χ0v) is 14.5. The van der Waals surface area contributed by atoms with Gasteiger partial charge in [-0.25, -0.2) is 0 Å². The number of benzene rings is 1. The van der Waals surface area contributed by atoms with Crippen molar-refractivity contribution < 1.29 is 4.79 Å². The van der Waals surface area contributed by atoms with Crippen molar-refractivity contribution >= 4 is 29.3 Å². The lowest BCUT2D eigenvalue weighted by Crippen LogP contribution is -2.35. The molecule has 2 rings (SSSR count). The lowest BCUT2D eigenvalue weighted by atomic mass is 10.1. The molecule has 22 heavy (non-hydrogen) atoms. The van der Waals surface area contributed by atoms with Crippen molar-refractivity contribution in [2.24, 2.45) is 5.92 Å². The SMILES string of the molecule is CC(C)[C@@H](Sc1nnnn1-c1cccc(Cl)c1)C(=O)N(C)C. The molecule has 1 aromatic heterocycles. The summed E-state index contributed by atoms with van der Waals surface area (Å²) in [6.45, 7) is 4.01. The molecule has 6 nitrogen and oxygen atoms in total. The molecule has 0 saturated heterocycles. The molecule has 0 aliphatic rings. The van der Waals surface area contributed by atoms with E-state index < -0.39 is 0 Å². The summed E-state index contributed by atoms with van der Waals surface area (Å²) in [6.07, 6.45) is 0. The molecule has 0 saturated carbocycles. The number of rotatable bonds is 5. The van der Waals surface area contributed by atoms with Crippen LogP contribution < -0.4 is 0 Å². The highest BCUT2D eigenvalue weighted by molar-refractivity contribution is 8.00. The smallest absolute Gasteiger partial charge is 0.235 e. The van der Waals surface area contributed by atoms with Gasteiger partial charge in [-0.2, -0.15) is 4.68 Å². The molecule has 1 atom stereocenters. The highest BCUT2D eigenvalue weighted by Gasteiger charge is 2.27. The summed E-state index contributed by atoms with van der Waals surface area (Å²) < 4.78 is 1.59. The molecule has 1 aromatic carbocycles. The third kappa shape index (κ3) is 3.78. The predicted molar refractivity (Wildman–Crippen MR) is 87.3 cm³/mol. The Bertz CT molecular complexity index is 658. The Labute approximate surface area is 138 Å². The number of carbonyl (C=O) groups excluding carboxylic acids is 1. The molecule has 0 bridgehead atoms. The van der Waals surface area contributed by atoms with Gasteiger partial charge in [0.05, 0.1) is 10.9 Å². The van der Waals surface area contributed by atoms with Crippen molar-refractivity contribution in [2.75, 3.05) is 14.1 Å². The molecule has 1 heterocycles. The maximum Gasteiger partial charge on any atom is 0.235 e. The Morgan fingerprint density at radius 2 is 2.09 bits per heavy atom. The average Bonchev–Trinajstić information content (AvgIpc) is 2.91. The summed E-state index contributed by atoms with van der Waals surface area (Å²) in [5.41, 5.74) is 0.764. The van der Waals surface area contributed by atoms with Crippen LogP contribution >= 0.6 is 23.4 Å². The number of aromatic nitrogens is 4. The van der Waals surface area contributed by atoms with Gasteiger partial charge in [0.1, 0.15) is 0 Å². The van der Waals surface area contributed by atoms with Crippen LogP contribution in [0.2, 0.25) is 5.02 Å². The molecule has 1 amide bonds. The number of thioether (sulfide) groups is 1. The highest BCUT2D eigenvalue weighted by Crippen LogP contribution is 2.29. The van der Waals surface area contributed by atoms with Crippen LogP contribution in [0.25, 0.3) is 5.69 Å². The summed E-state index contributed by atoms with van der Waals surface area (Å²) in [7, 11) is 3.50. The van der Waals surface area contributed by atoms with Crippen LogP contribution in [0.15, 0.2) is 29.4 Å². The van der Waals surface area contributed by atoms with Gasteiger partial charge in [-0.1, -0.05) is 43.3 Å². The molecular weight excluding hydrogens is 322 g/mol. The molecule has 118 valence electrons. The summed E-state index contributed by atoms with van der Waals surface area (Å²) in [5.74, 6) is 0.199. The van der Waals surface area contributed by atoms with Gasteiger partial charge in [-0.15, -0.1) is 5.10 Å². The number of carbonyl (C=O) groups is 1.